The molecule has 8 heteroatoms. The Morgan fingerprint density at radius 3 is 0.489 bits per heavy atom. The van der Waals surface area contributed by atoms with Crippen molar-refractivity contribution >= 4 is 89.5 Å². The van der Waals surface area contributed by atoms with Gasteiger partial charge in [0.1, 0.15) is 0 Å². The normalized spacial score (nSPS) is 16.5. The first kappa shape index (κ1) is 51.7. The number of halogens is 4. The van der Waals surface area contributed by atoms with Gasteiger partial charge in [0.15, 0.2) is 0 Å². The third-order valence-electron chi connectivity index (χ3n) is 21.1. The molecule has 0 spiro atoms. The molecule has 4 nitrogen and oxygen atoms in total. The van der Waals surface area contributed by atoms with Crippen molar-refractivity contribution in [3.05, 3.63) is 331 Å². The third kappa shape index (κ3) is 6.84. The monoisotopic (exact) mass is 1250 g/mol. The average molecular weight is 1260 g/mol. The van der Waals surface area contributed by atoms with Crippen molar-refractivity contribution in [1.29, 1.82) is 0 Å². The van der Waals surface area contributed by atoms with Gasteiger partial charge in [-0.15, -0.1) is 0 Å². The second-order valence-corrected chi connectivity index (χ2v) is 27.3. The first-order valence-electron chi connectivity index (χ1n) is 31.5. The SMILES string of the molecule is Clc1ccc(C2c3[nH]c(c4c3-c3cccc5cccc-4c35)C(c3ccc(Cl)cc3)c3[nH]c(c4c3-c3cccc5cccc-4c35)C(c3ccc(Cl)cc3)c3[nH]c(c4c3-c3cccc5cccc-4c35)C(c3ccc(Cl)cc3)c3[nH]c2c2c3-c3cccc4cccc-2c34)cc1. The van der Waals surface area contributed by atoms with E-state index in [1.807, 2.05) is 0 Å². The van der Waals surface area contributed by atoms with Crippen LogP contribution in [0.2, 0.25) is 20.1 Å². The van der Waals surface area contributed by atoms with E-state index in [9.17, 15) is 0 Å². The highest BCUT2D eigenvalue weighted by Crippen LogP contribution is 2.65. The Kier molecular flexibility index (Phi) is 10.6. The summed E-state index contributed by atoms with van der Waals surface area (Å²) in [6.45, 7) is 0. The van der Waals surface area contributed by atoms with Gasteiger partial charge in [-0.05, 0) is 158 Å². The smallest absolute Gasteiger partial charge is 0.0654 e. The van der Waals surface area contributed by atoms with Gasteiger partial charge in [0.25, 0.3) is 0 Å². The molecule has 0 unspecified atom stereocenters. The summed E-state index contributed by atoms with van der Waals surface area (Å²) >= 11 is 28.1. The highest BCUT2D eigenvalue weighted by molar-refractivity contribution is 6.32. The second kappa shape index (κ2) is 18.8. The van der Waals surface area contributed by atoms with E-state index < -0.39 is 23.7 Å². The van der Waals surface area contributed by atoms with Gasteiger partial charge in [0, 0.05) is 110 Å². The minimum Gasteiger partial charge on any atom is -0.360 e. The van der Waals surface area contributed by atoms with E-state index in [1.165, 1.54) is 132 Å². The van der Waals surface area contributed by atoms with Crippen LogP contribution in [0.5, 0.6) is 0 Å². The van der Waals surface area contributed by atoms with Crippen molar-refractivity contribution < 1.29 is 0 Å². The van der Waals surface area contributed by atoms with E-state index in [-0.39, 0.29) is 0 Å². The highest BCUT2D eigenvalue weighted by Gasteiger charge is 2.46. The quantitative estimate of drug-likeness (QED) is 0.136. The second-order valence-electron chi connectivity index (χ2n) is 25.6. The molecule has 5 aliphatic rings. The Hall–Kier alpha value is -10.0. The molecule has 0 amide bonds. The summed E-state index contributed by atoms with van der Waals surface area (Å²) in [5.74, 6) is -1.63. The zero-order valence-electron chi connectivity index (χ0n) is 48.9. The predicted molar refractivity (Wildman–Crippen MR) is 381 cm³/mol. The molecule has 0 fully saturated rings. The van der Waals surface area contributed by atoms with E-state index in [4.69, 9.17) is 46.4 Å². The van der Waals surface area contributed by atoms with Crippen LogP contribution >= 0.6 is 46.4 Å². The van der Waals surface area contributed by atoms with Crippen LogP contribution in [-0.4, -0.2) is 19.9 Å². The Labute approximate surface area is 548 Å². The molecule has 432 valence electrons. The molecule has 0 atom stereocenters. The first-order chi connectivity index (χ1) is 45.3. The molecule has 0 saturated heterocycles. The van der Waals surface area contributed by atoms with Crippen LogP contribution in [0.15, 0.2) is 243 Å². The van der Waals surface area contributed by atoms with Crippen molar-refractivity contribution in [2.24, 2.45) is 0 Å². The summed E-state index contributed by atoms with van der Waals surface area (Å²) in [6.07, 6.45) is 0. The van der Waals surface area contributed by atoms with E-state index in [0.29, 0.717) is 20.1 Å². The Morgan fingerprint density at radius 2 is 0.337 bits per heavy atom. The van der Waals surface area contributed by atoms with Crippen molar-refractivity contribution in [1.82, 2.24) is 19.9 Å². The number of rotatable bonds is 4. The average Bonchev–Trinajstić information content (AvgIpc) is 1.53. The fourth-order valence-electron chi connectivity index (χ4n) is 17.7. The van der Waals surface area contributed by atoms with Gasteiger partial charge in [-0.3, -0.25) is 0 Å². The van der Waals surface area contributed by atoms with Gasteiger partial charge in [-0.1, -0.05) is 241 Å². The maximum Gasteiger partial charge on any atom is 0.0654 e. The summed E-state index contributed by atoms with van der Waals surface area (Å²) < 4.78 is 0. The maximum absolute atomic E-state index is 7.03. The number of hydrogen-bond donors (Lipinski definition) is 4. The zero-order valence-corrected chi connectivity index (χ0v) is 51.9. The molecule has 4 heterocycles. The number of benzene rings is 12. The summed E-state index contributed by atoms with van der Waals surface area (Å²) in [5, 5.41) is 12.5. The third-order valence-corrected chi connectivity index (χ3v) is 22.1. The molecule has 0 saturated carbocycles. The first-order valence-corrected chi connectivity index (χ1v) is 33.0. The number of aromatic nitrogens is 4. The molecule has 92 heavy (non-hydrogen) atoms. The van der Waals surface area contributed by atoms with Crippen LogP contribution in [0.4, 0.5) is 0 Å². The molecule has 16 aromatic rings. The Morgan fingerprint density at radius 1 is 0.185 bits per heavy atom. The van der Waals surface area contributed by atoms with Gasteiger partial charge in [0.2, 0.25) is 0 Å². The topological polar surface area (TPSA) is 63.2 Å². The summed E-state index contributed by atoms with van der Waals surface area (Å²) in [7, 11) is 0. The molecular weight excluding hydrogens is 1210 g/mol. The largest absolute Gasteiger partial charge is 0.360 e. The van der Waals surface area contributed by atoms with Crippen molar-refractivity contribution in [2.45, 2.75) is 23.7 Å². The van der Waals surface area contributed by atoms with Gasteiger partial charge >= 0.3 is 0 Å². The minimum absolute atomic E-state index is 0.406. The fourth-order valence-corrected chi connectivity index (χ4v) is 18.2. The molecule has 12 aromatic carbocycles. The van der Waals surface area contributed by atoms with Crippen LogP contribution in [-0.2, 0) is 0 Å². The predicted octanol–water partition coefficient (Wildman–Crippen LogP) is 23.8. The van der Waals surface area contributed by atoms with Crippen LogP contribution in [0, 0.1) is 0 Å². The molecule has 0 radical (unpaired) electrons. The van der Waals surface area contributed by atoms with Crippen LogP contribution in [0.3, 0.4) is 0 Å². The van der Waals surface area contributed by atoms with E-state index in [1.54, 1.807) is 0 Å². The molecular formula is C84H48Cl4N4. The highest BCUT2D eigenvalue weighted by atomic mass is 35.5. The number of nitrogens with one attached hydrogen (secondary N) is 4. The minimum atomic E-state index is -0.406. The standard InChI is InChI=1S/C84H48Cl4N4/c85-49-33-25-45(26-34-49)65-77-69-53-17-1-9-41-10-2-18-54(61(41)53)70(69)78(89-77)66(46-27-35-50(86)36-28-46)80-73-57-21-5-13-43-14-6-22-58(63(43)57)74(73)82(91-80)68(48-31-39-52(88)40-32-48)84-76-60-24-8-16-44-15-7-23-59(64(44)60)75(76)83(92-84)67(47-29-37-51(87)38-30-47)81-72-56-20-4-12-42-11-3-19-55(62(42)56)71(72)79(65)90-81/h1-40,65-68,89-92H. The number of hydrogen-bond acceptors (Lipinski definition) is 0. The lowest BCUT2D eigenvalue weighted by molar-refractivity contribution is 0.813. The lowest BCUT2D eigenvalue weighted by atomic mass is 9.83. The van der Waals surface area contributed by atoms with Crippen molar-refractivity contribution in [3.8, 4) is 89.0 Å². The Balaban J connectivity index is 1.00. The molecule has 21 rings (SSSR count). The molecule has 8 bridgehead atoms. The van der Waals surface area contributed by atoms with Gasteiger partial charge in [-0.2, -0.15) is 0 Å². The van der Waals surface area contributed by atoms with Gasteiger partial charge < -0.3 is 19.9 Å². The van der Waals surface area contributed by atoms with Crippen LogP contribution in [0.1, 0.15) is 91.5 Å². The van der Waals surface area contributed by atoms with E-state index in [2.05, 4.69) is 263 Å². The molecule has 4 N–H and O–H groups in total. The summed E-state index contributed by atoms with van der Waals surface area (Å²) in [6, 6.07) is 89.1. The van der Waals surface area contributed by atoms with Crippen molar-refractivity contribution in [3.63, 3.8) is 0 Å². The lowest BCUT2D eigenvalue weighted by Gasteiger charge is -2.24. The number of H-pyrrole nitrogens is 4. The zero-order chi connectivity index (χ0) is 60.5. The van der Waals surface area contributed by atoms with E-state index in [0.717, 1.165) is 67.8 Å². The molecule has 5 aliphatic carbocycles. The molecule has 0 aliphatic heterocycles. The van der Waals surface area contributed by atoms with E-state index >= 15 is 0 Å². The van der Waals surface area contributed by atoms with Gasteiger partial charge in [-0.25, -0.2) is 0 Å². The fraction of sp³-hybridized carbons (Fsp3) is 0.0476. The summed E-state index contributed by atoms with van der Waals surface area (Å²) in [5.41, 5.74) is 32.2. The Bertz CT molecular complexity index is 4960. The van der Waals surface area contributed by atoms with Crippen molar-refractivity contribution in [2.75, 3.05) is 0 Å². The van der Waals surface area contributed by atoms with Crippen LogP contribution < -0.4 is 0 Å². The summed E-state index contributed by atoms with van der Waals surface area (Å²) in [4.78, 5) is 18.1. The van der Waals surface area contributed by atoms with Crippen LogP contribution in [0.25, 0.3) is 132 Å². The molecule has 4 aromatic heterocycles. The number of aromatic amines is 4. The van der Waals surface area contributed by atoms with Gasteiger partial charge in [0.05, 0.1) is 23.7 Å². The lowest BCUT2D eigenvalue weighted by Crippen LogP contribution is -2.12. The maximum atomic E-state index is 7.03.